The zero-order valence-electron chi connectivity index (χ0n) is 16.5. The molecule has 7 heteroatoms. The predicted octanol–water partition coefficient (Wildman–Crippen LogP) is 4.85. The van der Waals surface area contributed by atoms with Crippen LogP contribution in [-0.4, -0.2) is 20.4 Å². The van der Waals surface area contributed by atoms with E-state index in [1.165, 1.54) is 31.2 Å². The summed E-state index contributed by atoms with van der Waals surface area (Å²) in [5.41, 5.74) is 11.2. The van der Waals surface area contributed by atoms with Crippen LogP contribution in [0.25, 0.3) is 21.8 Å². The van der Waals surface area contributed by atoms with Crippen molar-refractivity contribution in [3.05, 3.63) is 47.4 Å². The van der Waals surface area contributed by atoms with Crippen LogP contribution in [0.1, 0.15) is 48.8 Å². The number of nitrogens with two attached hydrogens (primary N) is 1. The lowest BCUT2D eigenvalue weighted by Gasteiger charge is -2.47. The molecule has 2 aromatic heterocycles. The summed E-state index contributed by atoms with van der Waals surface area (Å²) in [7, 11) is 0. The van der Waals surface area contributed by atoms with Crippen molar-refractivity contribution in [2.24, 2.45) is 17.8 Å². The Morgan fingerprint density at radius 3 is 2.80 bits per heavy atom. The Balaban J connectivity index is 1.44. The molecule has 0 radical (unpaired) electrons. The fourth-order valence-electron chi connectivity index (χ4n) is 6.75. The number of nitrogens with zero attached hydrogens (tertiary/aromatic N) is 2. The van der Waals surface area contributed by atoms with E-state index in [2.05, 4.69) is 50.0 Å². The van der Waals surface area contributed by atoms with E-state index >= 15 is 0 Å². The third-order valence-electron chi connectivity index (χ3n) is 7.93. The molecule has 7 rings (SSSR count). The molecule has 30 heavy (non-hydrogen) atoms. The van der Waals surface area contributed by atoms with Crippen molar-refractivity contribution in [1.82, 2.24) is 20.4 Å². The van der Waals surface area contributed by atoms with E-state index in [0.717, 1.165) is 33.6 Å². The first-order valence-corrected chi connectivity index (χ1v) is 10.8. The molecule has 2 unspecified atom stereocenters. The molecule has 3 heterocycles. The largest absolute Gasteiger partial charge is 0.382 e. The number of hydrogen-bond donors (Lipinski definition) is 4. The second-order valence-corrected chi connectivity index (χ2v) is 9.36. The van der Waals surface area contributed by atoms with E-state index in [0.29, 0.717) is 29.0 Å². The third-order valence-corrected chi connectivity index (χ3v) is 7.93. The van der Waals surface area contributed by atoms with E-state index in [4.69, 9.17) is 5.73 Å². The minimum Gasteiger partial charge on any atom is -0.382 e. The van der Waals surface area contributed by atoms with Gasteiger partial charge in [0.25, 0.3) is 0 Å². The van der Waals surface area contributed by atoms with Gasteiger partial charge in [0, 0.05) is 11.1 Å². The van der Waals surface area contributed by atoms with Gasteiger partial charge in [0.1, 0.15) is 0 Å². The number of rotatable bonds is 1. The van der Waals surface area contributed by atoms with Gasteiger partial charge in [0.05, 0.1) is 22.5 Å². The summed E-state index contributed by atoms with van der Waals surface area (Å²) < 4.78 is 14.7. The van der Waals surface area contributed by atoms with Gasteiger partial charge in [-0.3, -0.25) is 10.2 Å². The molecule has 1 aliphatic heterocycles. The normalized spacial score (nSPS) is 29.7. The maximum Gasteiger partial charge on any atom is 0.240 e. The topological polar surface area (TPSA) is 95.4 Å². The Kier molecular flexibility index (Phi) is 3.19. The molecule has 152 valence electrons. The van der Waals surface area contributed by atoms with Gasteiger partial charge in [0.2, 0.25) is 5.95 Å². The van der Waals surface area contributed by atoms with E-state index in [1.54, 1.807) is 0 Å². The van der Waals surface area contributed by atoms with E-state index in [1.807, 2.05) is 6.07 Å². The molecule has 5 N–H and O–H groups in total. The van der Waals surface area contributed by atoms with Gasteiger partial charge < -0.3 is 11.1 Å². The predicted molar refractivity (Wildman–Crippen MR) is 115 cm³/mol. The SMILES string of the molecule is Nc1n[nH]c2ccc([C@@H]3Nc4ccc5[nH]nc(F)c5c4[C@H]4C5CCC(C5)C[C@@H]34)cc12. The first-order valence-electron chi connectivity index (χ1n) is 10.8. The summed E-state index contributed by atoms with van der Waals surface area (Å²) in [6.45, 7) is 0. The third kappa shape index (κ3) is 2.12. The van der Waals surface area contributed by atoms with Gasteiger partial charge in [-0.05, 0) is 78.3 Å². The number of fused-ring (bicyclic) bond motifs is 9. The molecule has 0 saturated heterocycles. The number of nitrogen functional groups attached to an aromatic ring is 1. The van der Waals surface area contributed by atoms with Crippen LogP contribution in [0.2, 0.25) is 0 Å². The van der Waals surface area contributed by atoms with Gasteiger partial charge >= 0.3 is 0 Å². The maximum absolute atomic E-state index is 14.7. The van der Waals surface area contributed by atoms with Crippen molar-refractivity contribution in [3.63, 3.8) is 0 Å². The highest BCUT2D eigenvalue weighted by molar-refractivity contribution is 5.90. The van der Waals surface area contributed by atoms with Crippen molar-refractivity contribution in [2.45, 2.75) is 37.6 Å². The number of H-pyrrole nitrogens is 2. The highest BCUT2D eigenvalue weighted by Gasteiger charge is 2.49. The molecule has 2 aromatic carbocycles. The minimum absolute atomic E-state index is 0.178. The van der Waals surface area contributed by atoms with Gasteiger partial charge in [0.15, 0.2) is 5.82 Å². The Bertz CT molecular complexity index is 1310. The second-order valence-electron chi connectivity index (χ2n) is 9.36. The van der Waals surface area contributed by atoms with Gasteiger partial charge in [-0.2, -0.15) is 9.49 Å². The molecule has 0 amide bonds. The Hall–Kier alpha value is -3.09. The number of halogens is 1. The number of benzene rings is 2. The van der Waals surface area contributed by atoms with Crippen LogP contribution in [0.15, 0.2) is 30.3 Å². The number of aromatic nitrogens is 4. The zero-order valence-corrected chi connectivity index (χ0v) is 16.5. The van der Waals surface area contributed by atoms with Crippen molar-refractivity contribution in [1.29, 1.82) is 0 Å². The number of anilines is 2. The van der Waals surface area contributed by atoms with Crippen molar-refractivity contribution in [2.75, 3.05) is 11.1 Å². The number of hydrogen-bond acceptors (Lipinski definition) is 4. The van der Waals surface area contributed by atoms with Gasteiger partial charge in [-0.15, -0.1) is 5.10 Å². The smallest absolute Gasteiger partial charge is 0.240 e. The molecular formula is C23H23FN6. The maximum atomic E-state index is 14.7. The van der Waals surface area contributed by atoms with E-state index in [9.17, 15) is 4.39 Å². The fraction of sp³-hybridized carbons (Fsp3) is 0.391. The summed E-state index contributed by atoms with van der Waals surface area (Å²) in [6, 6.07) is 10.6. The molecule has 3 aliphatic rings. The van der Waals surface area contributed by atoms with Gasteiger partial charge in [-0.1, -0.05) is 12.5 Å². The highest BCUT2D eigenvalue weighted by Crippen LogP contribution is 2.60. The molecule has 6 nitrogen and oxygen atoms in total. The Morgan fingerprint density at radius 2 is 1.87 bits per heavy atom. The van der Waals surface area contributed by atoms with Crippen LogP contribution in [-0.2, 0) is 0 Å². The molecule has 2 fully saturated rings. The van der Waals surface area contributed by atoms with Crippen molar-refractivity contribution in [3.8, 4) is 0 Å². The fourth-order valence-corrected chi connectivity index (χ4v) is 6.75. The molecule has 2 aliphatic carbocycles. The molecule has 0 spiro atoms. The van der Waals surface area contributed by atoms with Crippen LogP contribution < -0.4 is 11.1 Å². The summed E-state index contributed by atoms with van der Waals surface area (Å²) in [4.78, 5) is 0. The lowest BCUT2D eigenvalue weighted by atomic mass is 9.63. The number of nitrogens with one attached hydrogen (secondary N) is 3. The number of aromatic amines is 2. The summed E-state index contributed by atoms with van der Waals surface area (Å²) in [6.07, 6.45) is 4.96. The molecular weight excluding hydrogens is 379 g/mol. The van der Waals surface area contributed by atoms with Crippen LogP contribution >= 0.6 is 0 Å². The summed E-state index contributed by atoms with van der Waals surface area (Å²) in [5, 5.41) is 19.3. The van der Waals surface area contributed by atoms with Crippen LogP contribution in [0.5, 0.6) is 0 Å². The minimum atomic E-state index is -0.381. The average Bonchev–Trinajstić information content (AvgIpc) is 3.45. The lowest BCUT2D eigenvalue weighted by molar-refractivity contribution is 0.190. The van der Waals surface area contributed by atoms with E-state index in [-0.39, 0.29) is 12.0 Å². The zero-order chi connectivity index (χ0) is 20.0. The Labute approximate surface area is 172 Å². The standard InChI is InChI=1S/C23H23FN6/c24-22-20-17(28-29-22)6-5-16-19(20)18-11-2-1-10(7-11)8-14(18)21(26-16)12-3-4-15-13(9-12)23(25)30-27-15/h3-6,9-11,14,18,21,26H,1-2,7-8H2,(H,28,29)(H3,25,27,30)/t10?,11?,14-,18+,21+/m1/s1. The second kappa shape index (κ2) is 5.74. The first-order chi connectivity index (χ1) is 14.7. The van der Waals surface area contributed by atoms with Crippen molar-refractivity contribution < 1.29 is 4.39 Å². The molecule has 4 aromatic rings. The molecule has 2 saturated carbocycles. The van der Waals surface area contributed by atoms with E-state index < -0.39 is 0 Å². The highest BCUT2D eigenvalue weighted by atomic mass is 19.1. The van der Waals surface area contributed by atoms with Gasteiger partial charge in [-0.25, -0.2) is 0 Å². The monoisotopic (exact) mass is 402 g/mol. The molecule has 2 bridgehead atoms. The lowest BCUT2D eigenvalue weighted by Crippen LogP contribution is -2.38. The van der Waals surface area contributed by atoms with Crippen molar-refractivity contribution >= 4 is 33.3 Å². The first kappa shape index (κ1) is 16.7. The summed E-state index contributed by atoms with van der Waals surface area (Å²) >= 11 is 0. The summed E-state index contributed by atoms with van der Waals surface area (Å²) in [5.74, 6) is 2.31. The average molecular weight is 402 g/mol. The van der Waals surface area contributed by atoms with Crippen LogP contribution in [0.4, 0.5) is 15.9 Å². The van der Waals surface area contributed by atoms with Crippen LogP contribution in [0, 0.1) is 23.7 Å². The Morgan fingerprint density at radius 1 is 1.00 bits per heavy atom. The molecule has 5 atom stereocenters. The van der Waals surface area contributed by atoms with Crippen LogP contribution in [0.3, 0.4) is 0 Å². The quantitative estimate of drug-likeness (QED) is 0.366.